The number of benzene rings is 2. The third kappa shape index (κ3) is 3.61. The molecule has 0 unspecified atom stereocenters. The van der Waals surface area contributed by atoms with E-state index in [4.69, 9.17) is 15.5 Å². The highest BCUT2D eigenvalue weighted by atomic mass is 16.5. The second kappa shape index (κ2) is 8.27. The van der Waals surface area contributed by atoms with Crippen molar-refractivity contribution in [2.45, 2.75) is 43.1 Å². The first-order chi connectivity index (χ1) is 16.6. The van der Waals surface area contributed by atoms with Crippen molar-refractivity contribution in [1.82, 2.24) is 10.2 Å². The number of hydrogen-bond acceptors (Lipinski definition) is 5. The Morgan fingerprint density at radius 2 is 1.91 bits per heavy atom. The van der Waals surface area contributed by atoms with Crippen molar-refractivity contribution >= 4 is 12.1 Å². The van der Waals surface area contributed by atoms with Gasteiger partial charge in [0.15, 0.2) is 0 Å². The van der Waals surface area contributed by atoms with Crippen molar-refractivity contribution in [1.29, 1.82) is 0 Å². The van der Waals surface area contributed by atoms with Gasteiger partial charge in [-0.2, -0.15) is 0 Å². The summed E-state index contributed by atoms with van der Waals surface area (Å²) in [4.78, 5) is 19.3. The molecule has 0 bridgehead atoms. The van der Waals surface area contributed by atoms with Crippen LogP contribution in [0.1, 0.15) is 52.7 Å². The molecule has 0 aromatic heterocycles. The fourth-order valence-electron chi connectivity index (χ4n) is 5.92. The molecule has 3 aliphatic heterocycles. The largest absolute Gasteiger partial charge is 0.492 e. The standard InChI is InChI=1S/C28H32N4O2/c29-14-20(15-30-18-27(8-9-27)21-4-2-1-3-5-21)17-32-12-10-28(11-13-32)19-34-25-23-16-31-26(33)22(23)6-7-24(25)28/h1-7,14-15H,8-13,16-19,29H2,(H,31,33)/b20-14+,30-15?. The maximum atomic E-state index is 12.0. The number of ether oxygens (including phenoxy) is 1. The lowest BCUT2D eigenvalue weighted by atomic mass is 9.74. The van der Waals surface area contributed by atoms with Gasteiger partial charge in [-0.05, 0) is 62.2 Å². The number of rotatable bonds is 6. The van der Waals surface area contributed by atoms with Gasteiger partial charge in [0.25, 0.3) is 5.91 Å². The minimum atomic E-state index is 0.0105. The molecule has 3 N–H and O–H groups in total. The summed E-state index contributed by atoms with van der Waals surface area (Å²) in [5, 5.41) is 2.92. The third-order valence-corrected chi connectivity index (χ3v) is 8.32. The van der Waals surface area contributed by atoms with Crippen molar-refractivity contribution in [2.24, 2.45) is 10.7 Å². The Bertz CT molecular complexity index is 1160. The average molecular weight is 457 g/mol. The van der Waals surface area contributed by atoms with Crippen molar-refractivity contribution in [2.75, 3.05) is 32.8 Å². The molecule has 3 heterocycles. The van der Waals surface area contributed by atoms with Crippen molar-refractivity contribution in [3.05, 3.63) is 76.5 Å². The van der Waals surface area contributed by atoms with Gasteiger partial charge in [-0.15, -0.1) is 0 Å². The molecule has 2 fully saturated rings. The molecule has 6 rings (SSSR count). The topological polar surface area (TPSA) is 79.9 Å². The van der Waals surface area contributed by atoms with Gasteiger partial charge in [0, 0.05) is 53.4 Å². The molecule has 2 aromatic rings. The van der Waals surface area contributed by atoms with Crippen LogP contribution in [-0.4, -0.2) is 49.8 Å². The van der Waals surface area contributed by atoms with E-state index in [-0.39, 0.29) is 16.7 Å². The Kier molecular flexibility index (Phi) is 5.21. The molecular weight excluding hydrogens is 424 g/mol. The number of nitrogens with one attached hydrogen (secondary N) is 1. The summed E-state index contributed by atoms with van der Waals surface area (Å²) < 4.78 is 6.18. The molecule has 2 aromatic carbocycles. The predicted molar refractivity (Wildman–Crippen MR) is 133 cm³/mol. The monoisotopic (exact) mass is 456 g/mol. The zero-order valence-corrected chi connectivity index (χ0v) is 19.6. The maximum absolute atomic E-state index is 12.0. The van der Waals surface area contributed by atoms with Crippen LogP contribution in [0, 0.1) is 0 Å². The van der Waals surface area contributed by atoms with Gasteiger partial charge in [0.2, 0.25) is 0 Å². The zero-order chi connectivity index (χ0) is 23.2. The zero-order valence-electron chi connectivity index (χ0n) is 19.6. The van der Waals surface area contributed by atoms with Gasteiger partial charge in [-0.25, -0.2) is 0 Å². The van der Waals surface area contributed by atoms with Gasteiger partial charge in [0.1, 0.15) is 5.75 Å². The Balaban J connectivity index is 1.07. The van der Waals surface area contributed by atoms with E-state index >= 15 is 0 Å². The lowest BCUT2D eigenvalue weighted by Gasteiger charge is -2.38. The number of nitrogens with two attached hydrogens (primary N) is 1. The number of amides is 1. The van der Waals surface area contributed by atoms with Crippen LogP contribution >= 0.6 is 0 Å². The summed E-state index contributed by atoms with van der Waals surface area (Å²) in [6, 6.07) is 14.9. The molecule has 6 nitrogen and oxygen atoms in total. The van der Waals surface area contributed by atoms with E-state index in [1.807, 2.05) is 12.3 Å². The molecule has 4 aliphatic rings. The van der Waals surface area contributed by atoms with Crippen LogP contribution in [-0.2, 0) is 17.4 Å². The molecule has 1 amide bonds. The molecule has 6 heteroatoms. The van der Waals surface area contributed by atoms with E-state index in [0.29, 0.717) is 13.2 Å². The lowest BCUT2D eigenvalue weighted by Crippen LogP contribution is -2.44. The Morgan fingerprint density at radius 1 is 1.12 bits per heavy atom. The highest BCUT2D eigenvalue weighted by molar-refractivity contribution is 5.99. The molecule has 1 spiro atoms. The normalized spacial score (nSPS) is 22.5. The molecule has 34 heavy (non-hydrogen) atoms. The van der Waals surface area contributed by atoms with Gasteiger partial charge in [-0.3, -0.25) is 14.7 Å². The first kappa shape index (κ1) is 21.4. The molecule has 1 saturated carbocycles. The van der Waals surface area contributed by atoms with Crippen molar-refractivity contribution < 1.29 is 9.53 Å². The van der Waals surface area contributed by atoms with Crippen LogP contribution in [0.4, 0.5) is 0 Å². The Hall–Kier alpha value is -3.12. The van der Waals surface area contributed by atoms with Crippen LogP contribution in [0.25, 0.3) is 0 Å². The number of fused-ring (bicyclic) bond motifs is 4. The Morgan fingerprint density at radius 3 is 2.65 bits per heavy atom. The van der Waals surface area contributed by atoms with Gasteiger partial charge in [-0.1, -0.05) is 36.4 Å². The van der Waals surface area contributed by atoms with Gasteiger partial charge in [0.05, 0.1) is 6.61 Å². The van der Waals surface area contributed by atoms with Crippen LogP contribution < -0.4 is 15.8 Å². The number of carbonyl (C=O) groups is 1. The van der Waals surface area contributed by atoms with Crippen molar-refractivity contribution in [3.8, 4) is 5.75 Å². The number of hydrogen-bond donors (Lipinski definition) is 2. The minimum Gasteiger partial charge on any atom is -0.492 e. The van der Waals surface area contributed by atoms with Crippen LogP contribution in [0.5, 0.6) is 5.75 Å². The summed E-state index contributed by atoms with van der Waals surface area (Å²) in [5.41, 5.74) is 11.8. The number of likely N-dealkylation sites (tertiary alicyclic amines) is 1. The molecular formula is C28H32N4O2. The maximum Gasteiger partial charge on any atom is 0.252 e. The van der Waals surface area contributed by atoms with Gasteiger partial charge < -0.3 is 15.8 Å². The quantitative estimate of drug-likeness (QED) is 0.654. The Labute approximate surface area is 200 Å². The number of piperidine rings is 1. The van der Waals surface area contributed by atoms with E-state index in [1.54, 1.807) is 6.20 Å². The first-order valence-electron chi connectivity index (χ1n) is 12.4. The average Bonchev–Trinajstić information content (AvgIpc) is 3.46. The number of carbonyl (C=O) groups excluding carboxylic acids is 1. The summed E-state index contributed by atoms with van der Waals surface area (Å²) in [6.45, 7) is 4.93. The van der Waals surface area contributed by atoms with E-state index in [0.717, 1.165) is 61.5 Å². The molecule has 1 saturated heterocycles. The summed E-state index contributed by atoms with van der Waals surface area (Å²) >= 11 is 0. The second-order valence-corrected chi connectivity index (χ2v) is 10.4. The first-order valence-corrected chi connectivity index (χ1v) is 12.4. The van der Waals surface area contributed by atoms with Crippen LogP contribution in [0.15, 0.2) is 59.2 Å². The lowest BCUT2D eigenvalue weighted by molar-refractivity contribution is 0.0965. The van der Waals surface area contributed by atoms with Crippen molar-refractivity contribution in [3.63, 3.8) is 0 Å². The minimum absolute atomic E-state index is 0.0105. The predicted octanol–water partition coefficient (Wildman–Crippen LogP) is 3.30. The third-order valence-electron chi connectivity index (χ3n) is 8.32. The summed E-state index contributed by atoms with van der Waals surface area (Å²) in [7, 11) is 0. The van der Waals surface area contributed by atoms with Crippen LogP contribution in [0.2, 0.25) is 0 Å². The SMILES string of the molecule is N/C=C(\C=NCC1(c2ccccc2)CC1)CN1CCC2(CC1)COc1c2ccc2c1CNC2=O. The van der Waals surface area contributed by atoms with E-state index in [9.17, 15) is 4.79 Å². The van der Waals surface area contributed by atoms with Gasteiger partial charge >= 0.3 is 0 Å². The molecule has 176 valence electrons. The number of nitrogens with zero attached hydrogens (tertiary/aromatic N) is 2. The highest BCUT2D eigenvalue weighted by Crippen LogP contribution is 2.49. The van der Waals surface area contributed by atoms with E-state index < -0.39 is 0 Å². The number of aliphatic imine (C=N–C) groups is 1. The molecule has 1 aliphatic carbocycles. The van der Waals surface area contributed by atoms with Crippen LogP contribution in [0.3, 0.4) is 0 Å². The summed E-state index contributed by atoms with van der Waals surface area (Å²) in [5.74, 6) is 0.961. The fourth-order valence-corrected chi connectivity index (χ4v) is 5.92. The second-order valence-electron chi connectivity index (χ2n) is 10.4. The molecule has 0 radical (unpaired) electrons. The molecule has 0 atom stereocenters. The van der Waals surface area contributed by atoms with E-state index in [1.165, 1.54) is 24.0 Å². The highest BCUT2D eigenvalue weighted by Gasteiger charge is 2.45. The fraction of sp³-hybridized carbons (Fsp3) is 0.429. The van der Waals surface area contributed by atoms with E-state index in [2.05, 4.69) is 46.6 Å². The summed E-state index contributed by atoms with van der Waals surface area (Å²) in [6.07, 6.45) is 8.20. The smallest absolute Gasteiger partial charge is 0.252 e.